The molecule has 1 fully saturated rings. The molecule has 0 saturated carbocycles. The van der Waals surface area contributed by atoms with Crippen molar-refractivity contribution in [3.05, 3.63) is 46.7 Å². The number of nitrogens with zero attached hydrogens (tertiary/aromatic N) is 5. The molecular weight excluding hydrogens is 452 g/mol. The molecule has 3 N–H and O–H groups in total. The van der Waals surface area contributed by atoms with Gasteiger partial charge in [-0.25, -0.2) is 4.98 Å². The van der Waals surface area contributed by atoms with Gasteiger partial charge in [0.15, 0.2) is 10.9 Å². The number of rotatable bonds is 6. The van der Waals surface area contributed by atoms with E-state index in [0.29, 0.717) is 15.8 Å². The molecule has 0 spiro atoms. The van der Waals surface area contributed by atoms with Gasteiger partial charge < -0.3 is 15.5 Å². The largest absolute Gasteiger partial charge is 0.338 e. The maximum absolute atomic E-state index is 12.9. The first kappa shape index (κ1) is 22.1. The van der Waals surface area contributed by atoms with Crippen molar-refractivity contribution in [2.75, 3.05) is 17.2 Å². The van der Waals surface area contributed by atoms with E-state index in [1.807, 2.05) is 37.1 Å². The second-order valence-electron chi connectivity index (χ2n) is 8.63. The Morgan fingerprint density at radius 2 is 2.09 bits per heavy atom. The van der Waals surface area contributed by atoms with Crippen molar-refractivity contribution in [2.45, 2.75) is 46.2 Å². The Hall–Kier alpha value is -3.73. The molecule has 1 atom stereocenters. The van der Waals surface area contributed by atoms with Crippen molar-refractivity contribution in [1.82, 2.24) is 29.9 Å². The molecule has 3 aromatic heterocycles. The number of anilines is 3. The summed E-state index contributed by atoms with van der Waals surface area (Å²) in [5, 5.41) is 19.1. The number of aromatic nitrogens is 5. The maximum atomic E-state index is 12.9. The van der Waals surface area contributed by atoms with Crippen LogP contribution < -0.4 is 10.6 Å². The van der Waals surface area contributed by atoms with Crippen molar-refractivity contribution in [2.24, 2.45) is 0 Å². The van der Waals surface area contributed by atoms with Gasteiger partial charge in [0, 0.05) is 29.7 Å². The predicted octanol–water partition coefficient (Wildman–Crippen LogP) is 3.84. The number of hydrogen-bond donors (Lipinski definition) is 3. The molecular formula is C23H26N8O2S. The Bertz CT molecular complexity index is 1370. The number of likely N-dealkylation sites (tertiary alicyclic amines) is 1. The van der Waals surface area contributed by atoms with Crippen LogP contribution in [-0.2, 0) is 11.3 Å². The number of carbonyl (C=O) groups is 2. The molecule has 1 saturated heterocycles. The normalized spacial score (nSPS) is 15.7. The third-order valence-corrected chi connectivity index (χ3v) is 7.05. The molecule has 11 heteroatoms. The van der Waals surface area contributed by atoms with E-state index in [-0.39, 0.29) is 24.4 Å². The number of amides is 2. The molecule has 4 aromatic rings. The Morgan fingerprint density at radius 3 is 2.88 bits per heavy atom. The van der Waals surface area contributed by atoms with E-state index >= 15 is 0 Å². The zero-order chi connectivity index (χ0) is 23.8. The first-order valence-electron chi connectivity index (χ1n) is 11.2. The van der Waals surface area contributed by atoms with Crippen molar-refractivity contribution in [1.29, 1.82) is 0 Å². The third kappa shape index (κ3) is 4.26. The Balaban J connectivity index is 1.26. The van der Waals surface area contributed by atoms with Crippen LogP contribution in [0.1, 0.15) is 40.6 Å². The summed E-state index contributed by atoms with van der Waals surface area (Å²) in [5.41, 5.74) is 3.43. The molecule has 176 valence electrons. The second kappa shape index (κ2) is 8.90. The quantitative estimate of drug-likeness (QED) is 0.387. The fourth-order valence-electron chi connectivity index (χ4n) is 4.26. The highest BCUT2D eigenvalue weighted by Gasteiger charge is 2.25. The molecule has 1 aliphatic heterocycles. The van der Waals surface area contributed by atoms with Crippen molar-refractivity contribution in [3.63, 3.8) is 0 Å². The van der Waals surface area contributed by atoms with Crippen LogP contribution in [0.5, 0.6) is 0 Å². The Labute approximate surface area is 200 Å². The van der Waals surface area contributed by atoms with Crippen LogP contribution in [0.4, 0.5) is 16.6 Å². The van der Waals surface area contributed by atoms with Gasteiger partial charge >= 0.3 is 0 Å². The molecule has 0 aliphatic carbocycles. The van der Waals surface area contributed by atoms with E-state index in [4.69, 9.17) is 0 Å². The molecule has 1 unspecified atom stereocenters. The van der Waals surface area contributed by atoms with Gasteiger partial charge in [0.05, 0.1) is 23.6 Å². The number of aryl methyl sites for hydroxylation is 2. The third-order valence-electron chi connectivity index (χ3n) is 6.14. The summed E-state index contributed by atoms with van der Waals surface area (Å²) in [5.74, 6) is 0.452. The number of nitrogens with one attached hydrogen (secondary N) is 3. The SMILES string of the molecule is Cc1cn(CC(=O)N2CCCC2C)nc1Nc1ncc(C(=O)Nc2c(C)ccc3[nH]ncc23)s1. The lowest BCUT2D eigenvalue weighted by Crippen LogP contribution is -2.36. The maximum Gasteiger partial charge on any atom is 0.267 e. The van der Waals surface area contributed by atoms with Crippen LogP contribution in [0, 0.1) is 13.8 Å². The molecule has 5 rings (SSSR count). The lowest BCUT2D eigenvalue weighted by atomic mass is 10.1. The predicted molar refractivity (Wildman–Crippen MR) is 132 cm³/mol. The fourth-order valence-corrected chi connectivity index (χ4v) is 4.97. The van der Waals surface area contributed by atoms with Crippen LogP contribution in [0.25, 0.3) is 10.9 Å². The summed E-state index contributed by atoms with van der Waals surface area (Å²) in [4.78, 5) is 32.2. The van der Waals surface area contributed by atoms with Gasteiger partial charge in [0.2, 0.25) is 5.91 Å². The highest BCUT2D eigenvalue weighted by molar-refractivity contribution is 7.17. The fraction of sp³-hybridized carbons (Fsp3) is 0.348. The minimum absolute atomic E-state index is 0.0789. The van der Waals surface area contributed by atoms with Gasteiger partial charge in [-0.05, 0) is 45.2 Å². The highest BCUT2D eigenvalue weighted by atomic mass is 32.1. The number of H-pyrrole nitrogens is 1. The van der Waals surface area contributed by atoms with Gasteiger partial charge in [-0.15, -0.1) is 0 Å². The number of fused-ring (bicyclic) bond motifs is 1. The van der Waals surface area contributed by atoms with Crippen LogP contribution >= 0.6 is 11.3 Å². The lowest BCUT2D eigenvalue weighted by Gasteiger charge is -2.21. The van der Waals surface area contributed by atoms with Crippen LogP contribution in [-0.4, -0.2) is 54.3 Å². The lowest BCUT2D eigenvalue weighted by molar-refractivity contribution is -0.132. The highest BCUT2D eigenvalue weighted by Crippen LogP contribution is 2.28. The zero-order valence-corrected chi connectivity index (χ0v) is 20.1. The second-order valence-corrected chi connectivity index (χ2v) is 9.66. The summed E-state index contributed by atoms with van der Waals surface area (Å²) in [6, 6.07) is 4.15. The monoisotopic (exact) mass is 478 g/mol. The number of thiazole rings is 1. The van der Waals surface area contributed by atoms with Crippen LogP contribution in [0.15, 0.2) is 30.7 Å². The first-order chi connectivity index (χ1) is 16.4. The van der Waals surface area contributed by atoms with Gasteiger partial charge in [-0.3, -0.25) is 19.4 Å². The number of hydrogen-bond acceptors (Lipinski definition) is 7. The molecule has 1 aliphatic rings. The van der Waals surface area contributed by atoms with E-state index < -0.39 is 0 Å². The molecule has 34 heavy (non-hydrogen) atoms. The number of aromatic amines is 1. The van der Waals surface area contributed by atoms with Crippen LogP contribution in [0.3, 0.4) is 0 Å². The smallest absolute Gasteiger partial charge is 0.267 e. The average Bonchev–Trinajstić information content (AvgIpc) is 3.59. The Morgan fingerprint density at radius 1 is 1.24 bits per heavy atom. The standard InChI is InChI=1S/C23H26N8O2S/c1-13-6-7-17-16(9-25-28-17)20(13)26-22(33)18-10-24-23(34-18)27-21-14(2)11-30(29-21)12-19(32)31-8-4-5-15(31)3/h6-7,9-11,15H,4-5,8,12H2,1-3H3,(H,25,28)(H,26,33)(H,24,27,29). The zero-order valence-electron chi connectivity index (χ0n) is 19.3. The number of benzene rings is 1. The first-order valence-corrected chi connectivity index (χ1v) is 12.0. The molecule has 1 aromatic carbocycles. The van der Waals surface area contributed by atoms with Gasteiger partial charge in [-0.2, -0.15) is 10.2 Å². The Kier molecular flexibility index (Phi) is 5.78. The minimum atomic E-state index is -0.241. The summed E-state index contributed by atoms with van der Waals surface area (Å²) >= 11 is 1.24. The van der Waals surface area contributed by atoms with E-state index in [1.165, 1.54) is 17.5 Å². The summed E-state index contributed by atoms with van der Waals surface area (Å²) in [6.45, 7) is 6.96. The van der Waals surface area contributed by atoms with Crippen molar-refractivity contribution >= 4 is 50.7 Å². The van der Waals surface area contributed by atoms with Crippen molar-refractivity contribution in [3.8, 4) is 0 Å². The van der Waals surface area contributed by atoms with Crippen molar-refractivity contribution < 1.29 is 9.59 Å². The topological polar surface area (TPSA) is 121 Å². The molecule has 4 heterocycles. The summed E-state index contributed by atoms with van der Waals surface area (Å²) in [6.07, 6.45) is 7.18. The number of carbonyl (C=O) groups excluding carboxylic acids is 2. The van der Waals surface area contributed by atoms with E-state index in [1.54, 1.807) is 10.9 Å². The van der Waals surface area contributed by atoms with E-state index in [2.05, 4.69) is 37.8 Å². The van der Waals surface area contributed by atoms with Gasteiger partial charge in [0.1, 0.15) is 11.4 Å². The molecule has 0 radical (unpaired) electrons. The van der Waals surface area contributed by atoms with E-state index in [0.717, 1.165) is 47.1 Å². The van der Waals surface area contributed by atoms with Crippen LogP contribution in [0.2, 0.25) is 0 Å². The molecule has 10 nitrogen and oxygen atoms in total. The minimum Gasteiger partial charge on any atom is -0.338 e. The van der Waals surface area contributed by atoms with Gasteiger partial charge in [0.25, 0.3) is 5.91 Å². The van der Waals surface area contributed by atoms with E-state index in [9.17, 15) is 9.59 Å². The summed E-state index contributed by atoms with van der Waals surface area (Å²) < 4.78 is 1.65. The molecule has 0 bridgehead atoms. The summed E-state index contributed by atoms with van der Waals surface area (Å²) in [7, 11) is 0. The van der Waals surface area contributed by atoms with Gasteiger partial charge in [-0.1, -0.05) is 17.4 Å². The molecule has 2 amide bonds. The average molecular weight is 479 g/mol.